The molecule has 134 valence electrons. The van der Waals surface area contributed by atoms with Crippen LogP contribution in [0.4, 0.5) is 0 Å². The fourth-order valence-electron chi connectivity index (χ4n) is 2.14. The number of nitrogens with one attached hydrogen (secondary N) is 1. The summed E-state index contributed by atoms with van der Waals surface area (Å²) < 4.78 is 10.5. The summed E-state index contributed by atoms with van der Waals surface area (Å²) in [6.07, 6.45) is 0. The van der Waals surface area contributed by atoms with Crippen LogP contribution in [0.1, 0.15) is 12.5 Å². The molecule has 7 heteroatoms. The summed E-state index contributed by atoms with van der Waals surface area (Å²) >= 11 is 13.4. The minimum atomic E-state index is -0.293. The highest BCUT2D eigenvalue weighted by molar-refractivity contribution is 8.00. The van der Waals surface area contributed by atoms with E-state index < -0.39 is 0 Å². The number of carbonyl (C=O) groups is 1. The largest absolute Gasteiger partial charge is 0.493 e. The van der Waals surface area contributed by atoms with Gasteiger partial charge in [0.05, 0.1) is 24.5 Å². The number of thioether (sulfide) groups is 1. The minimum Gasteiger partial charge on any atom is -0.493 e. The van der Waals surface area contributed by atoms with Gasteiger partial charge < -0.3 is 14.8 Å². The van der Waals surface area contributed by atoms with E-state index in [0.717, 1.165) is 10.5 Å². The Morgan fingerprint density at radius 1 is 1.12 bits per heavy atom. The summed E-state index contributed by atoms with van der Waals surface area (Å²) in [5.74, 6) is 1.20. The van der Waals surface area contributed by atoms with Gasteiger partial charge in [-0.05, 0) is 42.8 Å². The molecule has 4 nitrogen and oxygen atoms in total. The smallest absolute Gasteiger partial charge is 0.233 e. The number of amides is 1. The highest BCUT2D eigenvalue weighted by atomic mass is 35.5. The Morgan fingerprint density at radius 3 is 2.48 bits per heavy atom. The second-order valence-corrected chi connectivity index (χ2v) is 7.47. The molecular formula is C18H19Cl2NO3S. The standard InChI is InChI=1S/C18H19Cl2NO3S/c1-11(25-17-7-5-13(19)9-14(17)20)18(22)21-10-12-4-6-15(23-2)16(8-12)24-3/h4-9,11H,10H2,1-3H3,(H,21,22). The Bertz CT molecular complexity index is 755. The second kappa shape index (κ2) is 9.22. The van der Waals surface area contributed by atoms with Gasteiger partial charge in [0, 0.05) is 16.5 Å². The molecule has 0 saturated heterocycles. The molecule has 0 aromatic heterocycles. The fraction of sp³-hybridized carbons (Fsp3) is 0.278. The molecule has 0 aliphatic carbocycles. The van der Waals surface area contributed by atoms with Gasteiger partial charge in [-0.2, -0.15) is 0 Å². The van der Waals surface area contributed by atoms with E-state index in [4.69, 9.17) is 32.7 Å². The lowest BCUT2D eigenvalue weighted by atomic mass is 10.2. The molecule has 0 aliphatic heterocycles. The fourth-order valence-corrected chi connectivity index (χ4v) is 3.57. The van der Waals surface area contributed by atoms with Gasteiger partial charge in [0.1, 0.15) is 0 Å². The van der Waals surface area contributed by atoms with Crippen molar-refractivity contribution in [2.75, 3.05) is 14.2 Å². The molecule has 0 aliphatic rings. The van der Waals surface area contributed by atoms with Crippen LogP contribution >= 0.6 is 35.0 Å². The van der Waals surface area contributed by atoms with E-state index in [0.29, 0.717) is 28.1 Å². The highest BCUT2D eigenvalue weighted by Gasteiger charge is 2.16. The van der Waals surface area contributed by atoms with Gasteiger partial charge in [0.15, 0.2) is 11.5 Å². The maximum Gasteiger partial charge on any atom is 0.233 e. The summed E-state index contributed by atoms with van der Waals surface area (Å²) in [5.41, 5.74) is 0.924. The van der Waals surface area contributed by atoms with Crippen LogP contribution in [0, 0.1) is 0 Å². The van der Waals surface area contributed by atoms with Gasteiger partial charge in [-0.3, -0.25) is 4.79 Å². The molecule has 2 aromatic rings. The number of halogens is 2. The molecule has 25 heavy (non-hydrogen) atoms. The lowest BCUT2D eigenvalue weighted by Crippen LogP contribution is -2.30. The van der Waals surface area contributed by atoms with E-state index in [9.17, 15) is 4.79 Å². The maximum atomic E-state index is 12.3. The quantitative estimate of drug-likeness (QED) is 0.678. The normalized spacial score (nSPS) is 11.7. The molecule has 0 radical (unpaired) electrons. The predicted octanol–water partition coefficient (Wildman–Crippen LogP) is 4.81. The molecule has 2 aromatic carbocycles. The molecule has 0 spiro atoms. The van der Waals surface area contributed by atoms with E-state index in [1.54, 1.807) is 26.4 Å². The van der Waals surface area contributed by atoms with Crippen molar-refractivity contribution in [3.63, 3.8) is 0 Å². The first-order chi connectivity index (χ1) is 11.9. The van der Waals surface area contributed by atoms with Crippen LogP contribution in [0.15, 0.2) is 41.3 Å². The zero-order valence-corrected chi connectivity index (χ0v) is 16.5. The van der Waals surface area contributed by atoms with Crippen molar-refractivity contribution in [1.29, 1.82) is 0 Å². The maximum absolute atomic E-state index is 12.3. The SMILES string of the molecule is COc1ccc(CNC(=O)C(C)Sc2ccc(Cl)cc2Cl)cc1OC. The number of ether oxygens (including phenoxy) is 2. The monoisotopic (exact) mass is 399 g/mol. The molecule has 1 amide bonds. The van der Waals surface area contributed by atoms with Gasteiger partial charge in [-0.1, -0.05) is 29.3 Å². The van der Waals surface area contributed by atoms with E-state index in [2.05, 4.69) is 5.32 Å². The zero-order valence-electron chi connectivity index (χ0n) is 14.1. The minimum absolute atomic E-state index is 0.0780. The van der Waals surface area contributed by atoms with Gasteiger partial charge in [0.2, 0.25) is 5.91 Å². The van der Waals surface area contributed by atoms with Crippen LogP contribution in [0.3, 0.4) is 0 Å². The van der Waals surface area contributed by atoms with E-state index in [1.807, 2.05) is 31.2 Å². The number of hydrogen-bond acceptors (Lipinski definition) is 4. The molecule has 0 saturated carbocycles. The average Bonchev–Trinajstić information content (AvgIpc) is 2.61. The third-order valence-electron chi connectivity index (χ3n) is 3.48. The third kappa shape index (κ3) is 5.46. The van der Waals surface area contributed by atoms with Gasteiger partial charge in [0.25, 0.3) is 0 Å². The topological polar surface area (TPSA) is 47.6 Å². The van der Waals surface area contributed by atoms with Gasteiger partial charge in [-0.25, -0.2) is 0 Å². The molecule has 1 atom stereocenters. The van der Waals surface area contributed by atoms with Gasteiger partial charge >= 0.3 is 0 Å². The van der Waals surface area contributed by atoms with Crippen molar-refractivity contribution in [3.05, 3.63) is 52.0 Å². The number of rotatable bonds is 7. The van der Waals surface area contributed by atoms with Crippen molar-refractivity contribution in [2.45, 2.75) is 23.6 Å². The molecule has 2 rings (SSSR count). The lowest BCUT2D eigenvalue weighted by molar-refractivity contribution is -0.120. The molecular weight excluding hydrogens is 381 g/mol. The molecule has 0 heterocycles. The molecule has 0 bridgehead atoms. The lowest BCUT2D eigenvalue weighted by Gasteiger charge is -2.14. The van der Waals surface area contributed by atoms with Crippen LogP contribution in [-0.4, -0.2) is 25.4 Å². The van der Waals surface area contributed by atoms with E-state index in [-0.39, 0.29) is 11.2 Å². The molecule has 0 fully saturated rings. The van der Waals surface area contributed by atoms with Crippen molar-refractivity contribution in [2.24, 2.45) is 0 Å². The summed E-state index contributed by atoms with van der Waals surface area (Å²) in [7, 11) is 3.16. The summed E-state index contributed by atoms with van der Waals surface area (Å²) in [4.78, 5) is 13.1. The third-order valence-corrected chi connectivity index (χ3v) is 5.32. The Morgan fingerprint density at radius 2 is 1.84 bits per heavy atom. The van der Waals surface area contributed by atoms with Crippen LogP contribution in [0.5, 0.6) is 11.5 Å². The average molecular weight is 400 g/mol. The van der Waals surface area contributed by atoms with Crippen LogP contribution in [-0.2, 0) is 11.3 Å². The predicted molar refractivity (Wildman–Crippen MR) is 103 cm³/mol. The Hall–Kier alpha value is -1.56. The second-order valence-electron chi connectivity index (χ2n) is 5.24. The van der Waals surface area contributed by atoms with Crippen molar-refractivity contribution in [1.82, 2.24) is 5.32 Å². The van der Waals surface area contributed by atoms with Crippen LogP contribution in [0.2, 0.25) is 10.0 Å². The van der Waals surface area contributed by atoms with Crippen molar-refractivity contribution in [3.8, 4) is 11.5 Å². The summed E-state index contributed by atoms with van der Waals surface area (Å²) in [6, 6.07) is 10.8. The van der Waals surface area contributed by atoms with Crippen LogP contribution < -0.4 is 14.8 Å². The first-order valence-corrected chi connectivity index (χ1v) is 9.18. The number of hydrogen-bond donors (Lipinski definition) is 1. The number of benzene rings is 2. The first-order valence-electron chi connectivity index (χ1n) is 7.55. The van der Waals surface area contributed by atoms with E-state index in [1.165, 1.54) is 11.8 Å². The van der Waals surface area contributed by atoms with E-state index >= 15 is 0 Å². The number of carbonyl (C=O) groups excluding carboxylic acids is 1. The molecule has 1 N–H and O–H groups in total. The van der Waals surface area contributed by atoms with Crippen LogP contribution in [0.25, 0.3) is 0 Å². The highest BCUT2D eigenvalue weighted by Crippen LogP contribution is 2.32. The molecule has 1 unspecified atom stereocenters. The van der Waals surface area contributed by atoms with Gasteiger partial charge in [-0.15, -0.1) is 11.8 Å². The van der Waals surface area contributed by atoms with Crippen molar-refractivity contribution < 1.29 is 14.3 Å². The summed E-state index contributed by atoms with van der Waals surface area (Å²) in [6.45, 7) is 2.23. The Kier molecular flexibility index (Phi) is 7.29. The zero-order chi connectivity index (χ0) is 18.4. The first kappa shape index (κ1) is 19.8. The number of methoxy groups -OCH3 is 2. The Balaban J connectivity index is 1.95. The Labute approximate surface area is 161 Å². The van der Waals surface area contributed by atoms with Crippen molar-refractivity contribution >= 4 is 40.9 Å². The summed E-state index contributed by atoms with van der Waals surface area (Å²) in [5, 5.41) is 3.73.